The van der Waals surface area contributed by atoms with Crippen LogP contribution in [0.25, 0.3) is 0 Å². The van der Waals surface area contributed by atoms with Gasteiger partial charge in [0.25, 0.3) is 0 Å². The molecule has 166 valence electrons. The molecule has 9 heteroatoms. The van der Waals surface area contributed by atoms with Crippen molar-refractivity contribution in [1.82, 2.24) is 25.1 Å². The van der Waals surface area contributed by atoms with Gasteiger partial charge in [0, 0.05) is 55.5 Å². The number of hydrogen-bond donors (Lipinski definition) is 2. The van der Waals surface area contributed by atoms with E-state index < -0.39 is 5.60 Å². The lowest BCUT2D eigenvalue weighted by atomic mass is 9.86. The third-order valence-corrected chi connectivity index (χ3v) is 6.33. The molecular weight excluding hydrogens is 394 g/mol. The minimum Gasteiger partial charge on any atom is -0.444 e. The van der Waals surface area contributed by atoms with Crippen LogP contribution in [0.15, 0.2) is 18.3 Å². The smallest absolute Gasteiger partial charge is 0.410 e. The van der Waals surface area contributed by atoms with Crippen LogP contribution in [0.4, 0.5) is 22.4 Å². The normalized spacial score (nSPS) is 23.6. The molecule has 0 radical (unpaired) electrons. The Hall–Kier alpha value is -2.84. The minimum atomic E-state index is -0.469. The van der Waals surface area contributed by atoms with E-state index in [1.54, 1.807) is 6.20 Å². The van der Waals surface area contributed by atoms with E-state index in [1.807, 2.05) is 31.7 Å². The zero-order valence-electron chi connectivity index (χ0n) is 18.5. The van der Waals surface area contributed by atoms with E-state index in [2.05, 4.69) is 31.5 Å². The third-order valence-electron chi connectivity index (χ3n) is 6.33. The number of nitrogens with one attached hydrogen (secondary N) is 2. The van der Waals surface area contributed by atoms with Crippen LogP contribution < -0.4 is 10.2 Å². The van der Waals surface area contributed by atoms with E-state index in [1.165, 1.54) is 18.5 Å². The Labute approximate surface area is 182 Å². The molecule has 1 aliphatic carbocycles. The summed E-state index contributed by atoms with van der Waals surface area (Å²) in [6.07, 6.45) is 6.05. The topological polar surface area (TPSA) is 99.3 Å². The SMILES string of the molecule is CC(C)(C)OC(=O)N1CCC2(CCN(c3nccc(Nc4cc(C5CC5)[nH]n4)n3)C2)C1. The van der Waals surface area contributed by atoms with Gasteiger partial charge in [0.15, 0.2) is 5.82 Å². The number of amides is 1. The molecule has 1 saturated carbocycles. The second-order valence-corrected chi connectivity index (χ2v) is 10.2. The van der Waals surface area contributed by atoms with Crippen molar-refractivity contribution in [2.24, 2.45) is 5.41 Å². The number of anilines is 3. The molecule has 3 aliphatic rings. The lowest BCUT2D eigenvalue weighted by Crippen LogP contribution is -2.37. The summed E-state index contributed by atoms with van der Waals surface area (Å²) in [4.78, 5) is 25.8. The van der Waals surface area contributed by atoms with Crippen molar-refractivity contribution in [3.05, 3.63) is 24.0 Å². The number of H-pyrrole nitrogens is 1. The number of rotatable bonds is 4. The van der Waals surface area contributed by atoms with Crippen molar-refractivity contribution in [3.63, 3.8) is 0 Å². The molecule has 3 fully saturated rings. The number of aromatic nitrogens is 4. The fraction of sp³-hybridized carbons (Fsp3) is 0.636. The van der Waals surface area contributed by atoms with Crippen LogP contribution in [0.5, 0.6) is 0 Å². The highest BCUT2D eigenvalue weighted by Crippen LogP contribution is 2.41. The van der Waals surface area contributed by atoms with E-state index >= 15 is 0 Å². The number of aromatic amines is 1. The summed E-state index contributed by atoms with van der Waals surface area (Å²) in [7, 11) is 0. The van der Waals surface area contributed by atoms with E-state index in [9.17, 15) is 4.79 Å². The zero-order chi connectivity index (χ0) is 21.6. The number of likely N-dealkylation sites (tertiary alicyclic amines) is 1. The number of carbonyl (C=O) groups is 1. The van der Waals surface area contributed by atoms with Crippen LogP contribution in [-0.2, 0) is 4.74 Å². The molecule has 4 heterocycles. The quantitative estimate of drug-likeness (QED) is 0.771. The fourth-order valence-corrected chi connectivity index (χ4v) is 4.56. The number of carbonyl (C=O) groups excluding carboxylic acids is 1. The van der Waals surface area contributed by atoms with Crippen molar-refractivity contribution in [1.29, 1.82) is 0 Å². The highest BCUT2D eigenvalue weighted by atomic mass is 16.6. The summed E-state index contributed by atoms with van der Waals surface area (Å²) in [5.74, 6) is 2.88. The predicted octanol–water partition coefficient (Wildman–Crippen LogP) is 3.66. The van der Waals surface area contributed by atoms with E-state index in [4.69, 9.17) is 9.72 Å². The first-order valence-electron chi connectivity index (χ1n) is 11.2. The second-order valence-electron chi connectivity index (χ2n) is 10.2. The van der Waals surface area contributed by atoms with E-state index in [0.717, 1.165) is 56.6 Å². The van der Waals surface area contributed by atoms with Gasteiger partial charge < -0.3 is 19.9 Å². The van der Waals surface area contributed by atoms with Crippen LogP contribution in [-0.4, -0.2) is 62.9 Å². The number of ether oxygens (including phenoxy) is 1. The maximum Gasteiger partial charge on any atom is 0.410 e. The van der Waals surface area contributed by atoms with Gasteiger partial charge in [-0.25, -0.2) is 9.78 Å². The molecule has 5 rings (SSSR count). The fourth-order valence-electron chi connectivity index (χ4n) is 4.56. The Morgan fingerprint density at radius 3 is 2.81 bits per heavy atom. The second kappa shape index (κ2) is 7.39. The molecule has 0 aromatic carbocycles. The Kier molecular flexibility index (Phi) is 4.79. The highest BCUT2D eigenvalue weighted by molar-refractivity contribution is 5.68. The predicted molar refractivity (Wildman–Crippen MR) is 118 cm³/mol. The molecule has 2 aromatic rings. The molecule has 1 atom stereocenters. The molecule has 0 bridgehead atoms. The molecular formula is C22H31N7O2. The summed E-state index contributed by atoms with van der Waals surface area (Å²) >= 11 is 0. The van der Waals surface area contributed by atoms with Gasteiger partial charge in [-0.2, -0.15) is 10.1 Å². The monoisotopic (exact) mass is 425 g/mol. The average Bonchev–Trinajstić information content (AvgIpc) is 3.12. The van der Waals surface area contributed by atoms with E-state index in [0.29, 0.717) is 5.92 Å². The van der Waals surface area contributed by atoms with Gasteiger partial charge in [-0.1, -0.05) is 0 Å². The van der Waals surface area contributed by atoms with Crippen molar-refractivity contribution in [2.75, 3.05) is 36.4 Å². The summed E-state index contributed by atoms with van der Waals surface area (Å²) < 4.78 is 5.56. The van der Waals surface area contributed by atoms with Crippen LogP contribution in [0.1, 0.15) is 58.1 Å². The lowest BCUT2D eigenvalue weighted by Gasteiger charge is -2.27. The van der Waals surface area contributed by atoms with Gasteiger partial charge in [0.1, 0.15) is 11.4 Å². The summed E-state index contributed by atoms with van der Waals surface area (Å²) in [5, 5.41) is 10.7. The largest absolute Gasteiger partial charge is 0.444 e. The van der Waals surface area contributed by atoms with E-state index in [-0.39, 0.29) is 11.5 Å². The molecule has 2 saturated heterocycles. The highest BCUT2D eigenvalue weighted by Gasteiger charge is 2.46. The molecule has 9 nitrogen and oxygen atoms in total. The van der Waals surface area contributed by atoms with Gasteiger partial charge >= 0.3 is 6.09 Å². The van der Waals surface area contributed by atoms with Crippen molar-refractivity contribution in [2.45, 2.75) is 58.0 Å². The first-order chi connectivity index (χ1) is 14.8. The first-order valence-corrected chi connectivity index (χ1v) is 11.2. The van der Waals surface area contributed by atoms with Gasteiger partial charge in [-0.3, -0.25) is 5.10 Å². The van der Waals surface area contributed by atoms with Gasteiger partial charge in [0.05, 0.1) is 0 Å². The van der Waals surface area contributed by atoms with Gasteiger partial charge in [-0.15, -0.1) is 0 Å². The summed E-state index contributed by atoms with van der Waals surface area (Å²) in [6.45, 7) is 8.93. The van der Waals surface area contributed by atoms with Crippen LogP contribution in [0.2, 0.25) is 0 Å². The van der Waals surface area contributed by atoms with Crippen molar-refractivity contribution < 1.29 is 9.53 Å². The number of hydrogen-bond acceptors (Lipinski definition) is 7. The van der Waals surface area contributed by atoms with Gasteiger partial charge in [0.2, 0.25) is 5.95 Å². The molecule has 2 N–H and O–H groups in total. The standard InChI is InChI=1S/C22H31N7O2/c1-21(2,3)31-20(30)29-11-8-22(14-29)7-10-28(13-22)19-23-9-6-17(25-19)24-18-12-16(26-27-18)15-4-5-15/h6,9,12,15H,4-5,7-8,10-11,13-14H2,1-3H3,(H2,23,24,25,26,27). The Morgan fingerprint density at radius 2 is 2.03 bits per heavy atom. The lowest BCUT2D eigenvalue weighted by molar-refractivity contribution is 0.0276. The van der Waals surface area contributed by atoms with Crippen LogP contribution in [0, 0.1) is 5.41 Å². The maximum absolute atomic E-state index is 12.5. The maximum atomic E-state index is 12.5. The Morgan fingerprint density at radius 1 is 1.23 bits per heavy atom. The minimum absolute atomic E-state index is 0.0884. The molecule has 1 amide bonds. The Balaban J connectivity index is 1.22. The molecule has 1 spiro atoms. The average molecular weight is 426 g/mol. The van der Waals surface area contributed by atoms with Crippen LogP contribution in [0.3, 0.4) is 0 Å². The summed E-state index contributed by atoms with van der Waals surface area (Å²) in [6, 6.07) is 3.93. The van der Waals surface area contributed by atoms with Crippen LogP contribution >= 0.6 is 0 Å². The molecule has 31 heavy (non-hydrogen) atoms. The summed E-state index contributed by atoms with van der Waals surface area (Å²) in [5.41, 5.74) is 0.809. The Bertz CT molecular complexity index is 965. The molecule has 1 unspecified atom stereocenters. The van der Waals surface area contributed by atoms with Crippen molar-refractivity contribution >= 4 is 23.7 Å². The number of nitrogens with zero attached hydrogens (tertiary/aromatic N) is 5. The first kappa shape index (κ1) is 20.1. The van der Waals surface area contributed by atoms with Crippen molar-refractivity contribution in [3.8, 4) is 0 Å². The zero-order valence-corrected chi connectivity index (χ0v) is 18.5. The van der Waals surface area contributed by atoms with Gasteiger partial charge in [-0.05, 0) is 52.5 Å². The molecule has 2 aromatic heterocycles. The third kappa shape index (κ3) is 4.45. The molecule has 2 aliphatic heterocycles.